The summed E-state index contributed by atoms with van der Waals surface area (Å²) in [4.78, 5) is 0. The number of rotatable bonds is 4. The zero-order valence-corrected chi connectivity index (χ0v) is 7.30. The Labute approximate surface area is 64.6 Å². The molecule has 1 unspecified atom stereocenters. The van der Waals surface area contributed by atoms with E-state index in [0.29, 0.717) is 5.92 Å². The molecule has 0 aliphatic rings. The maximum Gasteiger partial charge on any atom is -0.0176 e. The Bertz CT molecular complexity index is 109. The average molecular weight is 138 g/mol. The van der Waals surface area contributed by atoms with Crippen LogP contribution >= 0.6 is 0 Å². The van der Waals surface area contributed by atoms with Gasteiger partial charge in [-0.2, -0.15) is 0 Å². The van der Waals surface area contributed by atoms with Crippen molar-refractivity contribution in [2.45, 2.75) is 27.2 Å². The highest BCUT2D eigenvalue weighted by atomic mass is 14.1. The van der Waals surface area contributed by atoms with Crippen LogP contribution in [-0.2, 0) is 0 Å². The van der Waals surface area contributed by atoms with Gasteiger partial charge in [0.15, 0.2) is 0 Å². The predicted octanol–water partition coefficient (Wildman–Crippen LogP) is 3.41. The molecule has 0 spiro atoms. The van der Waals surface area contributed by atoms with Crippen LogP contribution in [0, 0.1) is 11.8 Å². The summed E-state index contributed by atoms with van der Waals surface area (Å²) < 4.78 is 0. The van der Waals surface area contributed by atoms with E-state index < -0.39 is 0 Å². The molecule has 58 valence electrons. The molecule has 1 atom stereocenters. The molecular weight excluding hydrogens is 120 g/mol. The second kappa shape index (κ2) is 5.28. The zero-order valence-electron chi connectivity index (χ0n) is 7.30. The van der Waals surface area contributed by atoms with Crippen molar-refractivity contribution >= 4 is 0 Å². The quantitative estimate of drug-likeness (QED) is 0.522. The summed E-state index contributed by atoms with van der Waals surface area (Å²) in [6, 6.07) is 0. The lowest BCUT2D eigenvalue weighted by Crippen LogP contribution is -2.03. The molecule has 0 aliphatic carbocycles. The maximum atomic E-state index is 3.73. The average Bonchev–Trinajstić information content (AvgIpc) is 1.87. The molecule has 0 N–H and O–H groups in total. The van der Waals surface area contributed by atoms with E-state index in [0.717, 1.165) is 12.3 Å². The second-order valence-electron chi connectivity index (χ2n) is 2.96. The minimum Gasteiger partial charge on any atom is -0.103 e. The molecular formula is C10H18. The van der Waals surface area contributed by atoms with Crippen molar-refractivity contribution in [2.75, 3.05) is 0 Å². The van der Waals surface area contributed by atoms with Gasteiger partial charge in [0, 0.05) is 0 Å². The van der Waals surface area contributed by atoms with Gasteiger partial charge in [-0.05, 0) is 25.2 Å². The molecule has 0 aromatic rings. The van der Waals surface area contributed by atoms with E-state index in [1.807, 2.05) is 6.08 Å². The monoisotopic (exact) mass is 138 g/mol. The van der Waals surface area contributed by atoms with Crippen LogP contribution in [0.15, 0.2) is 24.8 Å². The maximum absolute atomic E-state index is 3.73. The molecule has 10 heavy (non-hydrogen) atoms. The van der Waals surface area contributed by atoms with Gasteiger partial charge in [-0.15, -0.1) is 6.58 Å². The van der Waals surface area contributed by atoms with Crippen LogP contribution in [0.5, 0.6) is 0 Å². The summed E-state index contributed by atoms with van der Waals surface area (Å²) in [5.74, 6) is 1.41. The first kappa shape index (κ1) is 9.48. The van der Waals surface area contributed by atoms with E-state index in [1.165, 1.54) is 0 Å². The second-order valence-corrected chi connectivity index (χ2v) is 2.96. The molecule has 0 amide bonds. The van der Waals surface area contributed by atoms with Crippen molar-refractivity contribution in [3.8, 4) is 0 Å². The lowest BCUT2D eigenvalue weighted by Gasteiger charge is -2.13. The van der Waals surface area contributed by atoms with Crippen LogP contribution in [-0.4, -0.2) is 0 Å². The van der Waals surface area contributed by atoms with Gasteiger partial charge in [-0.1, -0.05) is 32.1 Å². The molecule has 0 aromatic carbocycles. The van der Waals surface area contributed by atoms with Crippen LogP contribution in [0.2, 0.25) is 0 Å². The molecule has 0 rings (SSSR count). The molecule has 0 fully saturated rings. The molecule has 0 bridgehead atoms. The van der Waals surface area contributed by atoms with Crippen LogP contribution in [0.4, 0.5) is 0 Å². The van der Waals surface area contributed by atoms with Crippen molar-refractivity contribution in [2.24, 2.45) is 11.8 Å². The topological polar surface area (TPSA) is 0 Å². The van der Waals surface area contributed by atoms with E-state index in [4.69, 9.17) is 0 Å². The van der Waals surface area contributed by atoms with Crippen LogP contribution in [0.1, 0.15) is 27.2 Å². The Morgan fingerprint density at radius 1 is 1.40 bits per heavy atom. The molecule has 0 heteroatoms. The summed E-state index contributed by atoms with van der Waals surface area (Å²) >= 11 is 0. The van der Waals surface area contributed by atoms with Gasteiger partial charge < -0.3 is 0 Å². The van der Waals surface area contributed by atoms with E-state index in [2.05, 4.69) is 39.5 Å². The molecule has 0 saturated carbocycles. The van der Waals surface area contributed by atoms with E-state index in [-0.39, 0.29) is 0 Å². The van der Waals surface area contributed by atoms with Crippen LogP contribution < -0.4 is 0 Å². The van der Waals surface area contributed by atoms with Crippen LogP contribution in [0.3, 0.4) is 0 Å². The highest BCUT2D eigenvalue weighted by Crippen LogP contribution is 2.16. The predicted molar refractivity (Wildman–Crippen MR) is 48.0 cm³/mol. The summed E-state index contributed by atoms with van der Waals surface area (Å²) in [5, 5.41) is 0. The first-order valence-corrected chi connectivity index (χ1v) is 3.96. The number of hydrogen-bond acceptors (Lipinski definition) is 0. The van der Waals surface area contributed by atoms with E-state index in [1.54, 1.807) is 0 Å². The fourth-order valence-electron chi connectivity index (χ4n) is 1.01. The van der Waals surface area contributed by atoms with Gasteiger partial charge >= 0.3 is 0 Å². The highest BCUT2D eigenvalue weighted by molar-refractivity contribution is 4.90. The SMILES string of the molecule is C=CCC(/C=C/C)C(C)C. The third-order valence-corrected chi connectivity index (χ3v) is 1.73. The van der Waals surface area contributed by atoms with Gasteiger partial charge in [0.25, 0.3) is 0 Å². The first-order valence-electron chi connectivity index (χ1n) is 3.96. The molecule has 0 aromatic heterocycles. The number of allylic oxidation sites excluding steroid dienone is 3. The van der Waals surface area contributed by atoms with Crippen molar-refractivity contribution < 1.29 is 0 Å². The van der Waals surface area contributed by atoms with Crippen molar-refractivity contribution in [3.05, 3.63) is 24.8 Å². The van der Waals surface area contributed by atoms with Gasteiger partial charge in [-0.25, -0.2) is 0 Å². The van der Waals surface area contributed by atoms with Crippen LogP contribution in [0.25, 0.3) is 0 Å². The third kappa shape index (κ3) is 3.49. The molecule has 0 nitrogen and oxygen atoms in total. The Morgan fingerprint density at radius 3 is 2.30 bits per heavy atom. The van der Waals surface area contributed by atoms with Crippen molar-refractivity contribution in [1.29, 1.82) is 0 Å². The standard InChI is InChI=1S/C10H18/c1-5-7-10(8-6-2)9(3)4/h5-6,8-10H,1,7H2,2-4H3/b8-6+. The van der Waals surface area contributed by atoms with Gasteiger partial charge in [0.05, 0.1) is 0 Å². The lowest BCUT2D eigenvalue weighted by molar-refractivity contribution is 0.470. The van der Waals surface area contributed by atoms with Gasteiger partial charge in [0.2, 0.25) is 0 Å². The summed E-state index contributed by atoms with van der Waals surface area (Å²) in [6.07, 6.45) is 7.47. The van der Waals surface area contributed by atoms with E-state index in [9.17, 15) is 0 Å². The molecule has 0 radical (unpaired) electrons. The van der Waals surface area contributed by atoms with Gasteiger partial charge in [0.1, 0.15) is 0 Å². The Hall–Kier alpha value is -0.520. The Kier molecular flexibility index (Phi) is 5.00. The minimum atomic E-state index is 0.683. The fourth-order valence-corrected chi connectivity index (χ4v) is 1.01. The lowest BCUT2D eigenvalue weighted by atomic mass is 9.92. The Balaban J connectivity index is 3.84. The van der Waals surface area contributed by atoms with E-state index >= 15 is 0 Å². The number of hydrogen-bond donors (Lipinski definition) is 0. The van der Waals surface area contributed by atoms with Crippen molar-refractivity contribution in [3.63, 3.8) is 0 Å². The van der Waals surface area contributed by atoms with Crippen molar-refractivity contribution in [1.82, 2.24) is 0 Å². The largest absolute Gasteiger partial charge is 0.103 e. The molecule has 0 heterocycles. The molecule has 0 saturated heterocycles. The first-order chi connectivity index (χ1) is 4.72. The third-order valence-electron chi connectivity index (χ3n) is 1.73. The zero-order chi connectivity index (χ0) is 7.98. The van der Waals surface area contributed by atoms with Gasteiger partial charge in [-0.3, -0.25) is 0 Å². The normalized spacial score (nSPS) is 14.4. The highest BCUT2D eigenvalue weighted by Gasteiger charge is 2.05. The summed E-state index contributed by atoms with van der Waals surface area (Å²) in [6.45, 7) is 10.3. The summed E-state index contributed by atoms with van der Waals surface area (Å²) in [7, 11) is 0. The fraction of sp³-hybridized carbons (Fsp3) is 0.600. The Morgan fingerprint density at radius 2 is 2.00 bits per heavy atom. The summed E-state index contributed by atoms with van der Waals surface area (Å²) in [5.41, 5.74) is 0. The smallest absolute Gasteiger partial charge is 0.0176 e. The molecule has 0 aliphatic heterocycles. The minimum absolute atomic E-state index is 0.683.